The molecule has 0 aliphatic heterocycles. The smallest absolute Gasteiger partial charge is 0.472 e. The largest absolute Gasteiger partial charge is 0.480 e. The first kappa shape index (κ1) is 56.2. The maximum Gasteiger partial charge on any atom is 0.472 e. The van der Waals surface area contributed by atoms with E-state index in [1.165, 1.54) is 148 Å². The highest BCUT2D eigenvalue weighted by Crippen LogP contribution is 2.43. The Morgan fingerprint density at radius 1 is 0.517 bits per heavy atom. The first-order valence-corrected chi connectivity index (χ1v) is 25.2. The second kappa shape index (κ2) is 41.9. The van der Waals surface area contributed by atoms with Crippen LogP contribution < -0.4 is 5.73 Å². The number of carboxylic acids is 1. The molecule has 0 amide bonds. The van der Waals surface area contributed by atoms with Gasteiger partial charge < -0.3 is 25.2 Å². The van der Waals surface area contributed by atoms with Crippen molar-refractivity contribution in [2.24, 2.45) is 5.73 Å². The van der Waals surface area contributed by atoms with E-state index in [0.717, 1.165) is 44.9 Å². The molecular formula is C46H88NO10P. The molecule has 4 N–H and O–H groups in total. The van der Waals surface area contributed by atoms with Gasteiger partial charge in [0.05, 0.1) is 13.2 Å². The van der Waals surface area contributed by atoms with Crippen LogP contribution in [0.5, 0.6) is 0 Å². The van der Waals surface area contributed by atoms with E-state index in [9.17, 15) is 23.8 Å². The van der Waals surface area contributed by atoms with Crippen molar-refractivity contribution in [1.82, 2.24) is 0 Å². The van der Waals surface area contributed by atoms with Gasteiger partial charge in [0, 0.05) is 12.8 Å². The van der Waals surface area contributed by atoms with E-state index in [-0.39, 0.29) is 19.4 Å². The summed E-state index contributed by atoms with van der Waals surface area (Å²) in [5, 5.41) is 8.90. The van der Waals surface area contributed by atoms with Gasteiger partial charge in [-0.3, -0.25) is 23.4 Å². The maximum atomic E-state index is 12.6. The van der Waals surface area contributed by atoms with Crippen LogP contribution in [0.3, 0.4) is 0 Å². The number of allylic oxidation sites excluding steroid dienone is 2. The summed E-state index contributed by atoms with van der Waals surface area (Å²) in [6.07, 6.45) is 42.8. The number of unbranched alkanes of at least 4 members (excludes halogenated alkanes) is 29. The lowest BCUT2D eigenvalue weighted by molar-refractivity contribution is -0.161. The molecule has 0 spiro atoms. The Morgan fingerprint density at radius 2 is 0.862 bits per heavy atom. The van der Waals surface area contributed by atoms with Crippen molar-refractivity contribution < 1.29 is 47.5 Å². The third-order valence-corrected chi connectivity index (χ3v) is 11.5. The van der Waals surface area contributed by atoms with Crippen LogP contribution in [0, 0.1) is 0 Å². The lowest BCUT2D eigenvalue weighted by Crippen LogP contribution is -2.34. The van der Waals surface area contributed by atoms with Crippen molar-refractivity contribution in [3.05, 3.63) is 12.2 Å². The maximum absolute atomic E-state index is 12.6. The lowest BCUT2D eigenvalue weighted by atomic mass is 10.0. The zero-order valence-corrected chi connectivity index (χ0v) is 38.1. The number of nitrogens with two attached hydrogens (primary N) is 1. The van der Waals surface area contributed by atoms with Gasteiger partial charge in [-0.2, -0.15) is 0 Å². The molecule has 0 saturated heterocycles. The quantitative estimate of drug-likeness (QED) is 0.0230. The fourth-order valence-corrected chi connectivity index (χ4v) is 7.55. The van der Waals surface area contributed by atoms with Crippen LogP contribution in [0.4, 0.5) is 0 Å². The molecule has 0 bridgehead atoms. The van der Waals surface area contributed by atoms with Crippen LogP contribution in [0.15, 0.2) is 12.2 Å². The fraction of sp³-hybridized carbons (Fsp3) is 0.891. The van der Waals surface area contributed by atoms with Gasteiger partial charge in [-0.1, -0.05) is 193 Å². The minimum Gasteiger partial charge on any atom is -0.480 e. The number of ether oxygens (including phenoxy) is 2. The number of carbonyl (C=O) groups is 3. The third kappa shape index (κ3) is 41.0. The molecule has 3 atom stereocenters. The summed E-state index contributed by atoms with van der Waals surface area (Å²) >= 11 is 0. The van der Waals surface area contributed by atoms with Crippen LogP contribution >= 0.6 is 7.82 Å². The number of rotatable bonds is 45. The normalized spacial score (nSPS) is 13.7. The van der Waals surface area contributed by atoms with Crippen molar-refractivity contribution in [2.75, 3.05) is 19.8 Å². The molecule has 0 saturated carbocycles. The standard InChI is InChI=1S/C46H88NO10P/c1-3-5-7-9-11-13-15-17-19-20-21-22-24-25-27-29-31-33-35-37-44(48)54-39-42(40-55-58(52,53)56-41-43(47)46(50)51)57-45(49)38-36-34-32-30-28-26-23-18-16-14-12-10-8-6-4-2/h26,28,42-43H,3-25,27,29-41,47H2,1-2H3,(H,50,51)(H,52,53)/b28-26+/t42-,43+/m1/s1. The lowest BCUT2D eigenvalue weighted by Gasteiger charge is -2.20. The molecule has 0 aliphatic rings. The van der Waals surface area contributed by atoms with E-state index in [1.807, 2.05) is 0 Å². The van der Waals surface area contributed by atoms with Gasteiger partial charge in [-0.15, -0.1) is 0 Å². The molecule has 11 nitrogen and oxygen atoms in total. The summed E-state index contributed by atoms with van der Waals surface area (Å²) in [5.41, 5.74) is 5.34. The Hall–Kier alpha value is -1.78. The van der Waals surface area contributed by atoms with Gasteiger partial charge in [-0.05, 0) is 38.5 Å². The molecule has 1 unspecified atom stereocenters. The molecule has 12 heteroatoms. The Balaban J connectivity index is 4.27. The van der Waals surface area contributed by atoms with Crippen molar-refractivity contribution in [2.45, 2.75) is 244 Å². The fourth-order valence-electron chi connectivity index (χ4n) is 6.77. The third-order valence-electron chi connectivity index (χ3n) is 10.5. The number of carbonyl (C=O) groups excluding carboxylic acids is 2. The van der Waals surface area contributed by atoms with Crippen LogP contribution in [0.2, 0.25) is 0 Å². The molecule has 0 radical (unpaired) electrons. The highest BCUT2D eigenvalue weighted by Gasteiger charge is 2.28. The number of esters is 2. The minimum atomic E-state index is -4.72. The highest BCUT2D eigenvalue weighted by atomic mass is 31.2. The zero-order chi connectivity index (χ0) is 42.8. The predicted molar refractivity (Wildman–Crippen MR) is 236 cm³/mol. The molecule has 58 heavy (non-hydrogen) atoms. The topological polar surface area (TPSA) is 172 Å². The molecule has 0 fully saturated rings. The SMILES string of the molecule is CCCCCCCCCC/C=C/CCCCCC(=O)O[C@H](COC(=O)CCCCCCCCCCCCCCCCCCCCC)COP(=O)(O)OC[C@H](N)C(=O)O. The van der Waals surface area contributed by atoms with E-state index < -0.39 is 51.1 Å². The van der Waals surface area contributed by atoms with Gasteiger partial charge in [0.1, 0.15) is 12.6 Å². The van der Waals surface area contributed by atoms with Gasteiger partial charge in [0.15, 0.2) is 6.10 Å². The molecule has 0 heterocycles. The minimum absolute atomic E-state index is 0.145. The summed E-state index contributed by atoms with van der Waals surface area (Å²) in [7, 11) is -4.72. The number of carboxylic acid groups (broad SMARTS) is 1. The molecule has 0 aromatic carbocycles. The predicted octanol–water partition coefficient (Wildman–Crippen LogP) is 12.8. The summed E-state index contributed by atoms with van der Waals surface area (Å²) in [4.78, 5) is 46.0. The number of phosphoric acid groups is 1. The molecular weight excluding hydrogens is 757 g/mol. The Kier molecular flexibility index (Phi) is 40.6. The van der Waals surface area contributed by atoms with Crippen LogP contribution in [-0.2, 0) is 37.5 Å². The number of hydrogen-bond acceptors (Lipinski definition) is 9. The van der Waals surface area contributed by atoms with E-state index >= 15 is 0 Å². The van der Waals surface area contributed by atoms with Crippen molar-refractivity contribution in [3.63, 3.8) is 0 Å². The first-order chi connectivity index (χ1) is 28.1. The molecule has 0 rings (SSSR count). The van der Waals surface area contributed by atoms with Crippen LogP contribution in [0.25, 0.3) is 0 Å². The van der Waals surface area contributed by atoms with Gasteiger partial charge >= 0.3 is 25.7 Å². The van der Waals surface area contributed by atoms with Gasteiger partial charge in [0.25, 0.3) is 0 Å². The summed E-state index contributed by atoms with van der Waals surface area (Å²) < 4.78 is 32.7. The molecule has 0 aromatic rings. The highest BCUT2D eigenvalue weighted by molar-refractivity contribution is 7.47. The molecule has 0 aromatic heterocycles. The Bertz CT molecular complexity index is 1040. The van der Waals surface area contributed by atoms with Crippen LogP contribution in [-0.4, -0.2) is 59.9 Å². The second-order valence-corrected chi connectivity index (χ2v) is 17.7. The van der Waals surface area contributed by atoms with E-state index in [2.05, 4.69) is 30.5 Å². The average Bonchev–Trinajstić information content (AvgIpc) is 3.20. The van der Waals surface area contributed by atoms with Gasteiger partial charge in [0.2, 0.25) is 0 Å². The Morgan fingerprint density at radius 3 is 1.28 bits per heavy atom. The van der Waals surface area contributed by atoms with E-state index in [1.54, 1.807) is 0 Å². The number of phosphoric ester groups is 1. The second-order valence-electron chi connectivity index (χ2n) is 16.2. The Labute approximate surface area is 354 Å². The monoisotopic (exact) mass is 846 g/mol. The van der Waals surface area contributed by atoms with E-state index in [4.69, 9.17) is 24.8 Å². The summed E-state index contributed by atoms with van der Waals surface area (Å²) in [6, 6.07) is -1.52. The van der Waals surface area contributed by atoms with Crippen molar-refractivity contribution in [3.8, 4) is 0 Å². The van der Waals surface area contributed by atoms with Crippen LogP contribution in [0.1, 0.15) is 232 Å². The summed E-state index contributed by atoms with van der Waals surface area (Å²) in [5.74, 6) is -2.38. The average molecular weight is 846 g/mol. The number of aliphatic carboxylic acids is 1. The molecule has 0 aliphatic carbocycles. The molecule has 342 valence electrons. The first-order valence-electron chi connectivity index (χ1n) is 23.7. The van der Waals surface area contributed by atoms with Crippen molar-refractivity contribution >= 4 is 25.7 Å². The number of hydrogen-bond donors (Lipinski definition) is 3. The van der Waals surface area contributed by atoms with E-state index in [0.29, 0.717) is 12.8 Å². The van der Waals surface area contributed by atoms with Gasteiger partial charge in [-0.25, -0.2) is 4.57 Å². The summed E-state index contributed by atoms with van der Waals surface area (Å²) in [6.45, 7) is 2.82. The van der Waals surface area contributed by atoms with Crippen molar-refractivity contribution in [1.29, 1.82) is 0 Å². The zero-order valence-electron chi connectivity index (χ0n) is 37.2.